The summed E-state index contributed by atoms with van der Waals surface area (Å²) < 4.78 is 0. The second-order valence-electron chi connectivity index (χ2n) is 5.36. The van der Waals surface area contributed by atoms with Gasteiger partial charge < -0.3 is 5.11 Å². The van der Waals surface area contributed by atoms with E-state index in [1.54, 1.807) is 11.3 Å². The van der Waals surface area contributed by atoms with E-state index in [0.29, 0.717) is 6.04 Å². The van der Waals surface area contributed by atoms with Gasteiger partial charge in [-0.1, -0.05) is 6.92 Å². The predicted molar refractivity (Wildman–Crippen MR) is 76.3 cm³/mol. The van der Waals surface area contributed by atoms with Crippen molar-refractivity contribution in [3.05, 3.63) is 16.1 Å². The lowest BCUT2D eigenvalue weighted by molar-refractivity contribution is -0.144. The Kier molecular flexibility index (Phi) is 4.93. The van der Waals surface area contributed by atoms with Gasteiger partial charge in [0.25, 0.3) is 0 Å². The summed E-state index contributed by atoms with van der Waals surface area (Å²) in [5.74, 6) is -0.817. The summed E-state index contributed by atoms with van der Waals surface area (Å²) in [6, 6.07) is 0.325. The number of carboxylic acids is 1. The van der Waals surface area contributed by atoms with Crippen molar-refractivity contribution in [1.29, 1.82) is 0 Å². The molecule has 2 unspecified atom stereocenters. The fourth-order valence-electron chi connectivity index (χ4n) is 2.64. The number of aryl methyl sites for hydroxylation is 1. The van der Waals surface area contributed by atoms with Crippen LogP contribution in [0, 0.1) is 5.92 Å². The van der Waals surface area contributed by atoms with Gasteiger partial charge in [-0.15, -0.1) is 11.3 Å². The molecule has 2 heterocycles. The largest absolute Gasteiger partial charge is 0.481 e. The van der Waals surface area contributed by atoms with E-state index in [0.717, 1.165) is 44.5 Å². The molecule has 1 aliphatic heterocycles. The SMILES string of the molecule is CCCc1nc(CN2CCC(C(=O)O)CC2C)cs1. The van der Waals surface area contributed by atoms with E-state index >= 15 is 0 Å². The predicted octanol–water partition coefficient (Wildman–Crippen LogP) is 2.78. The molecule has 0 saturated carbocycles. The number of carbonyl (C=O) groups is 1. The molecule has 1 saturated heterocycles. The van der Waals surface area contributed by atoms with E-state index < -0.39 is 5.97 Å². The van der Waals surface area contributed by atoms with Crippen molar-refractivity contribution in [3.63, 3.8) is 0 Å². The van der Waals surface area contributed by atoms with E-state index in [4.69, 9.17) is 5.11 Å². The lowest BCUT2D eigenvalue weighted by Crippen LogP contribution is -2.42. The molecule has 0 spiro atoms. The van der Waals surface area contributed by atoms with E-state index in [-0.39, 0.29) is 5.92 Å². The summed E-state index contributed by atoms with van der Waals surface area (Å²) in [5, 5.41) is 12.4. The van der Waals surface area contributed by atoms with Crippen LogP contribution in [0.25, 0.3) is 0 Å². The van der Waals surface area contributed by atoms with Gasteiger partial charge in [-0.3, -0.25) is 9.69 Å². The van der Waals surface area contributed by atoms with Crippen molar-refractivity contribution in [3.8, 4) is 0 Å². The number of hydrogen-bond donors (Lipinski definition) is 1. The molecule has 1 fully saturated rings. The first-order valence-electron chi connectivity index (χ1n) is 7.00. The summed E-state index contributed by atoms with van der Waals surface area (Å²) in [7, 11) is 0. The summed E-state index contributed by atoms with van der Waals surface area (Å²) in [4.78, 5) is 18.0. The van der Waals surface area contributed by atoms with Crippen LogP contribution in [0.2, 0.25) is 0 Å². The highest BCUT2D eigenvalue weighted by atomic mass is 32.1. The van der Waals surface area contributed by atoms with Crippen LogP contribution in [0.1, 0.15) is 43.8 Å². The first kappa shape index (κ1) is 14.5. The van der Waals surface area contributed by atoms with Crippen LogP contribution in [0.5, 0.6) is 0 Å². The molecule has 0 amide bonds. The van der Waals surface area contributed by atoms with Crippen LogP contribution in [0.3, 0.4) is 0 Å². The average Bonchev–Trinajstić information content (AvgIpc) is 2.79. The van der Waals surface area contributed by atoms with Gasteiger partial charge in [-0.25, -0.2) is 4.98 Å². The Morgan fingerprint density at radius 2 is 2.42 bits per heavy atom. The molecular formula is C14H22N2O2S. The van der Waals surface area contributed by atoms with Gasteiger partial charge in [-0.05, 0) is 39.2 Å². The zero-order valence-electron chi connectivity index (χ0n) is 11.6. The number of hydrogen-bond acceptors (Lipinski definition) is 4. The third-order valence-corrected chi connectivity index (χ3v) is 4.75. The molecule has 1 N–H and O–H groups in total. The number of thiazole rings is 1. The molecule has 106 valence electrons. The van der Waals surface area contributed by atoms with Gasteiger partial charge in [-0.2, -0.15) is 0 Å². The number of aliphatic carboxylic acids is 1. The van der Waals surface area contributed by atoms with Crippen molar-refractivity contribution >= 4 is 17.3 Å². The number of rotatable bonds is 5. The number of piperidine rings is 1. The Bertz CT molecular complexity index is 433. The molecular weight excluding hydrogens is 260 g/mol. The van der Waals surface area contributed by atoms with Crippen LogP contribution in [0.15, 0.2) is 5.38 Å². The van der Waals surface area contributed by atoms with Gasteiger partial charge in [0.15, 0.2) is 0 Å². The van der Waals surface area contributed by atoms with Crippen LogP contribution < -0.4 is 0 Å². The first-order valence-corrected chi connectivity index (χ1v) is 7.88. The molecule has 2 atom stereocenters. The maximum absolute atomic E-state index is 11.0. The topological polar surface area (TPSA) is 53.4 Å². The molecule has 5 heteroatoms. The number of likely N-dealkylation sites (tertiary alicyclic amines) is 1. The monoisotopic (exact) mass is 282 g/mol. The molecule has 0 radical (unpaired) electrons. The molecule has 0 aromatic carbocycles. The Morgan fingerprint density at radius 3 is 3.05 bits per heavy atom. The molecule has 1 aromatic rings. The number of carboxylic acid groups (broad SMARTS) is 1. The molecule has 0 bridgehead atoms. The highest BCUT2D eigenvalue weighted by molar-refractivity contribution is 7.09. The van der Waals surface area contributed by atoms with Crippen LogP contribution >= 0.6 is 11.3 Å². The Balaban J connectivity index is 1.90. The third kappa shape index (κ3) is 3.76. The van der Waals surface area contributed by atoms with Crippen LogP contribution in [-0.4, -0.2) is 33.5 Å². The van der Waals surface area contributed by atoms with E-state index in [1.165, 1.54) is 5.01 Å². The van der Waals surface area contributed by atoms with E-state index in [1.807, 2.05) is 0 Å². The minimum Gasteiger partial charge on any atom is -0.481 e. The molecule has 19 heavy (non-hydrogen) atoms. The van der Waals surface area contributed by atoms with Crippen LogP contribution in [0.4, 0.5) is 0 Å². The molecule has 2 rings (SSSR count). The Hall–Kier alpha value is -0.940. The average molecular weight is 282 g/mol. The molecule has 4 nitrogen and oxygen atoms in total. The minimum atomic E-state index is -0.648. The summed E-state index contributed by atoms with van der Waals surface area (Å²) in [5.41, 5.74) is 1.13. The van der Waals surface area contributed by atoms with Crippen molar-refractivity contribution in [2.45, 2.75) is 52.1 Å². The number of nitrogens with zero attached hydrogens (tertiary/aromatic N) is 2. The quantitative estimate of drug-likeness (QED) is 0.902. The van der Waals surface area contributed by atoms with Crippen LogP contribution in [-0.2, 0) is 17.8 Å². The van der Waals surface area contributed by atoms with Gasteiger partial charge in [0.2, 0.25) is 0 Å². The van der Waals surface area contributed by atoms with Crippen molar-refractivity contribution < 1.29 is 9.90 Å². The molecule has 0 aliphatic carbocycles. The Labute approximate surface area is 118 Å². The first-order chi connectivity index (χ1) is 9.10. The minimum absolute atomic E-state index is 0.169. The highest BCUT2D eigenvalue weighted by Crippen LogP contribution is 2.25. The van der Waals surface area contributed by atoms with Gasteiger partial charge >= 0.3 is 5.97 Å². The fraction of sp³-hybridized carbons (Fsp3) is 0.714. The zero-order valence-corrected chi connectivity index (χ0v) is 12.4. The van der Waals surface area contributed by atoms with Crippen molar-refractivity contribution in [1.82, 2.24) is 9.88 Å². The smallest absolute Gasteiger partial charge is 0.306 e. The van der Waals surface area contributed by atoms with Gasteiger partial charge in [0.05, 0.1) is 16.6 Å². The van der Waals surface area contributed by atoms with E-state index in [2.05, 4.69) is 29.1 Å². The molecule has 1 aromatic heterocycles. The zero-order chi connectivity index (χ0) is 13.8. The summed E-state index contributed by atoms with van der Waals surface area (Å²) >= 11 is 1.74. The highest BCUT2D eigenvalue weighted by Gasteiger charge is 2.29. The lowest BCUT2D eigenvalue weighted by atomic mass is 9.92. The molecule has 1 aliphatic rings. The standard InChI is InChI=1S/C14H22N2O2S/c1-3-4-13-15-12(9-19-13)8-16-6-5-11(14(17)18)7-10(16)2/h9-11H,3-8H2,1-2H3,(H,17,18). The Morgan fingerprint density at radius 1 is 1.63 bits per heavy atom. The number of aromatic nitrogens is 1. The summed E-state index contributed by atoms with van der Waals surface area (Å²) in [6.45, 7) is 6.00. The third-order valence-electron chi connectivity index (χ3n) is 3.79. The van der Waals surface area contributed by atoms with Gasteiger partial charge in [0, 0.05) is 18.0 Å². The van der Waals surface area contributed by atoms with Crippen molar-refractivity contribution in [2.24, 2.45) is 5.92 Å². The fourth-order valence-corrected chi connectivity index (χ4v) is 3.53. The lowest BCUT2D eigenvalue weighted by Gasteiger charge is -2.35. The second kappa shape index (κ2) is 6.48. The maximum Gasteiger partial charge on any atom is 0.306 e. The second-order valence-corrected chi connectivity index (χ2v) is 6.30. The van der Waals surface area contributed by atoms with Crippen molar-refractivity contribution in [2.75, 3.05) is 6.54 Å². The van der Waals surface area contributed by atoms with E-state index in [9.17, 15) is 4.79 Å². The summed E-state index contributed by atoms with van der Waals surface area (Å²) in [6.07, 6.45) is 3.70. The normalized spacial score (nSPS) is 24.5. The van der Waals surface area contributed by atoms with Gasteiger partial charge in [0.1, 0.15) is 0 Å². The maximum atomic E-state index is 11.0.